The normalized spacial score (nSPS) is 15.5. The van der Waals surface area contributed by atoms with E-state index in [-0.39, 0.29) is 24.2 Å². The molecule has 27 heavy (non-hydrogen) atoms. The summed E-state index contributed by atoms with van der Waals surface area (Å²) in [6.07, 6.45) is 1.48. The van der Waals surface area contributed by atoms with Gasteiger partial charge >= 0.3 is 0 Å². The number of para-hydroxylation sites is 2. The molecule has 1 aliphatic rings. The van der Waals surface area contributed by atoms with E-state index >= 15 is 0 Å². The van der Waals surface area contributed by atoms with Gasteiger partial charge in [0.25, 0.3) is 5.69 Å². The number of amides is 1. The molecule has 0 radical (unpaired) electrons. The van der Waals surface area contributed by atoms with Crippen molar-refractivity contribution < 1.29 is 19.2 Å². The molecule has 138 valence electrons. The zero-order chi connectivity index (χ0) is 18.8. The van der Waals surface area contributed by atoms with Gasteiger partial charge in [-0.25, -0.2) is 0 Å². The summed E-state index contributed by atoms with van der Waals surface area (Å²) in [4.78, 5) is 22.7. The molecule has 2 aromatic carbocycles. The second-order valence-corrected chi connectivity index (χ2v) is 6.25. The van der Waals surface area contributed by atoms with E-state index in [0.717, 1.165) is 10.9 Å². The molecule has 3 aromatic rings. The summed E-state index contributed by atoms with van der Waals surface area (Å²) < 4.78 is 13.2. The molecule has 8 heteroatoms. The van der Waals surface area contributed by atoms with Crippen LogP contribution in [0.15, 0.2) is 54.7 Å². The highest BCUT2D eigenvalue weighted by atomic mass is 16.6. The van der Waals surface area contributed by atoms with Gasteiger partial charge in [-0.1, -0.05) is 12.1 Å². The van der Waals surface area contributed by atoms with Crippen molar-refractivity contribution in [3.63, 3.8) is 0 Å². The summed E-state index contributed by atoms with van der Waals surface area (Å²) in [7, 11) is 0. The lowest BCUT2D eigenvalue weighted by Gasteiger charge is -2.26. The molecule has 1 aromatic heterocycles. The average Bonchev–Trinajstić information content (AvgIpc) is 3.08. The minimum absolute atomic E-state index is 0.0273. The molecule has 1 N–H and O–H groups in total. The fourth-order valence-electron chi connectivity index (χ4n) is 3.04. The Morgan fingerprint density at radius 1 is 1.22 bits per heavy atom. The second kappa shape index (κ2) is 6.99. The first kappa shape index (κ1) is 16.9. The first-order valence-corrected chi connectivity index (χ1v) is 8.48. The van der Waals surface area contributed by atoms with E-state index in [1.54, 1.807) is 22.9 Å². The standard InChI is InChI=1S/C19H17N3O5/c23-19(20-10-15-12-26-17-3-1-2-4-18(17)27-15)11-21-8-7-13-9-14(22(24)25)5-6-16(13)21/h1-9,15H,10-12H2,(H,20,23). The number of nitro benzene ring substituents is 1. The van der Waals surface area contributed by atoms with Gasteiger partial charge in [0, 0.05) is 29.2 Å². The SMILES string of the molecule is O=C(Cn1ccc2cc([N+](=O)[O-])ccc21)NCC1COc2ccccc2O1. The molecule has 0 spiro atoms. The number of hydrogen-bond acceptors (Lipinski definition) is 5. The lowest BCUT2D eigenvalue weighted by atomic mass is 10.2. The number of carbonyl (C=O) groups is 1. The van der Waals surface area contributed by atoms with Gasteiger partial charge in [0.1, 0.15) is 19.3 Å². The Labute approximate surface area is 154 Å². The number of rotatable bonds is 5. The van der Waals surface area contributed by atoms with Crippen LogP contribution < -0.4 is 14.8 Å². The molecule has 0 saturated heterocycles. The summed E-state index contributed by atoms with van der Waals surface area (Å²) in [6, 6.07) is 13.7. The largest absolute Gasteiger partial charge is 0.486 e. The van der Waals surface area contributed by atoms with E-state index < -0.39 is 4.92 Å². The molecule has 1 atom stereocenters. The molecule has 0 saturated carbocycles. The second-order valence-electron chi connectivity index (χ2n) is 6.25. The van der Waals surface area contributed by atoms with E-state index in [2.05, 4.69) is 5.32 Å². The maximum atomic E-state index is 12.3. The molecule has 1 unspecified atom stereocenters. The van der Waals surface area contributed by atoms with Gasteiger partial charge in [0.05, 0.1) is 11.5 Å². The minimum atomic E-state index is -0.437. The van der Waals surface area contributed by atoms with Gasteiger partial charge in [-0.3, -0.25) is 14.9 Å². The minimum Gasteiger partial charge on any atom is -0.486 e. The molecule has 1 amide bonds. The maximum Gasteiger partial charge on any atom is 0.270 e. The number of ether oxygens (including phenoxy) is 2. The number of hydrogen-bond donors (Lipinski definition) is 1. The predicted molar refractivity (Wildman–Crippen MR) is 98.0 cm³/mol. The van der Waals surface area contributed by atoms with Crippen molar-refractivity contribution >= 4 is 22.5 Å². The van der Waals surface area contributed by atoms with E-state index in [0.29, 0.717) is 24.7 Å². The van der Waals surface area contributed by atoms with Gasteiger partial charge in [-0.2, -0.15) is 0 Å². The Hall–Kier alpha value is -3.55. The van der Waals surface area contributed by atoms with Crippen LogP contribution in [0.5, 0.6) is 11.5 Å². The van der Waals surface area contributed by atoms with Crippen molar-refractivity contribution in [2.24, 2.45) is 0 Å². The third-order valence-electron chi connectivity index (χ3n) is 4.37. The summed E-state index contributed by atoms with van der Waals surface area (Å²) in [5.74, 6) is 1.20. The fourth-order valence-corrected chi connectivity index (χ4v) is 3.04. The number of nitro groups is 1. The summed E-state index contributed by atoms with van der Waals surface area (Å²) in [5, 5.41) is 14.4. The lowest BCUT2D eigenvalue weighted by molar-refractivity contribution is -0.384. The summed E-state index contributed by atoms with van der Waals surface area (Å²) in [5.41, 5.74) is 0.793. The molecule has 0 bridgehead atoms. The van der Waals surface area contributed by atoms with Crippen molar-refractivity contribution in [1.82, 2.24) is 9.88 Å². The van der Waals surface area contributed by atoms with Crippen molar-refractivity contribution in [2.75, 3.05) is 13.2 Å². The molecular weight excluding hydrogens is 350 g/mol. The summed E-state index contributed by atoms with van der Waals surface area (Å²) >= 11 is 0. The fraction of sp³-hybridized carbons (Fsp3) is 0.211. The molecule has 1 aliphatic heterocycles. The first-order chi connectivity index (χ1) is 13.1. The smallest absolute Gasteiger partial charge is 0.270 e. The third-order valence-corrected chi connectivity index (χ3v) is 4.37. The van der Waals surface area contributed by atoms with Gasteiger partial charge in [0.2, 0.25) is 5.91 Å². The topological polar surface area (TPSA) is 95.6 Å². The van der Waals surface area contributed by atoms with Gasteiger partial charge in [-0.05, 0) is 24.3 Å². The maximum absolute atomic E-state index is 12.3. The van der Waals surface area contributed by atoms with Crippen molar-refractivity contribution in [2.45, 2.75) is 12.6 Å². The van der Waals surface area contributed by atoms with E-state index in [4.69, 9.17) is 9.47 Å². The van der Waals surface area contributed by atoms with Crippen LogP contribution in [0, 0.1) is 10.1 Å². The average molecular weight is 367 g/mol. The van der Waals surface area contributed by atoms with Crippen LogP contribution in [0.2, 0.25) is 0 Å². The summed E-state index contributed by atoms with van der Waals surface area (Å²) in [6.45, 7) is 0.816. The van der Waals surface area contributed by atoms with Crippen LogP contribution in [0.25, 0.3) is 10.9 Å². The molecular formula is C19H17N3O5. The molecule has 8 nitrogen and oxygen atoms in total. The number of aromatic nitrogens is 1. The van der Waals surface area contributed by atoms with Crippen LogP contribution in [0.4, 0.5) is 5.69 Å². The zero-order valence-electron chi connectivity index (χ0n) is 14.3. The van der Waals surface area contributed by atoms with E-state index in [1.165, 1.54) is 12.1 Å². The highest BCUT2D eigenvalue weighted by Gasteiger charge is 2.21. The number of carbonyl (C=O) groups excluding carboxylic acids is 1. The third kappa shape index (κ3) is 3.55. The van der Waals surface area contributed by atoms with Crippen LogP contribution in [-0.4, -0.2) is 34.7 Å². The molecule has 2 heterocycles. The quantitative estimate of drug-likeness (QED) is 0.552. The predicted octanol–water partition coefficient (Wildman–Crippen LogP) is 2.51. The lowest BCUT2D eigenvalue weighted by Crippen LogP contribution is -2.41. The highest BCUT2D eigenvalue weighted by molar-refractivity contribution is 5.85. The van der Waals surface area contributed by atoms with Crippen molar-refractivity contribution in [3.05, 3.63) is 64.8 Å². The molecule has 4 rings (SSSR count). The number of nitrogens with one attached hydrogen (secondary N) is 1. The monoisotopic (exact) mass is 367 g/mol. The first-order valence-electron chi connectivity index (χ1n) is 8.48. The van der Waals surface area contributed by atoms with Gasteiger partial charge in [0.15, 0.2) is 11.5 Å². The number of benzene rings is 2. The highest BCUT2D eigenvalue weighted by Crippen LogP contribution is 2.30. The van der Waals surface area contributed by atoms with E-state index in [9.17, 15) is 14.9 Å². The Bertz CT molecular complexity index is 1010. The number of nitrogens with zero attached hydrogens (tertiary/aromatic N) is 2. The van der Waals surface area contributed by atoms with Crippen molar-refractivity contribution in [1.29, 1.82) is 0 Å². The van der Waals surface area contributed by atoms with Crippen molar-refractivity contribution in [3.8, 4) is 11.5 Å². The Balaban J connectivity index is 1.36. The van der Waals surface area contributed by atoms with Crippen LogP contribution in [0.3, 0.4) is 0 Å². The molecule has 0 aliphatic carbocycles. The Morgan fingerprint density at radius 2 is 2.04 bits per heavy atom. The Kier molecular flexibility index (Phi) is 4.37. The number of non-ortho nitro benzene ring substituents is 1. The van der Waals surface area contributed by atoms with Crippen LogP contribution in [0.1, 0.15) is 0 Å². The zero-order valence-corrected chi connectivity index (χ0v) is 14.3. The molecule has 0 fully saturated rings. The van der Waals surface area contributed by atoms with Gasteiger partial charge in [-0.15, -0.1) is 0 Å². The number of fused-ring (bicyclic) bond motifs is 2. The van der Waals surface area contributed by atoms with Gasteiger partial charge < -0.3 is 19.4 Å². The van der Waals surface area contributed by atoms with Crippen LogP contribution in [-0.2, 0) is 11.3 Å². The van der Waals surface area contributed by atoms with Crippen LogP contribution >= 0.6 is 0 Å². The Morgan fingerprint density at radius 3 is 2.85 bits per heavy atom. The van der Waals surface area contributed by atoms with E-state index in [1.807, 2.05) is 24.3 Å².